The molecule has 0 aliphatic carbocycles. The van der Waals surface area contributed by atoms with Gasteiger partial charge in [0.05, 0.1) is 0 Å². The summed E-state index contributed by atoms with van der Waals surface area (Å²) in [4.78, 5) is 11.2. The Morgan fingerprint density at radius 3 is 2.47 bits per heavy atom. The van der Waals surface area contributed by atoms with Gasteiger partial charge in [-0.2, -0.15) is 0 Å². The van der Waals surface area contributed by atoms with Crippen LogP contribution in [-0.2, 0) is 8.22 Å². The number of aliphatic carboxylic acids is 1. The first kappa shape index (κ1) is 13.9. The number of carboxylic acids is 1. The van der Waals surface area contributed by atoms with Crippen LogP contribution in [0.4, 0.5) is 0 Å². The molecule has 0 aliphatic rings. The molecule has 1 unspecified atom stereocenters. The molecule has 0 amide bonds. The smallest absolute Gasteiger partial charge is 0.325 e. The van der Waals surface area contributed by atoms with Gasteiger partial charge < -0.3 is 10.8 Å². The van der Waals surface area contributed by atoms with Crippen molar-refractivity contribution in [3.8, 4) is 0 Å². The summed E-state index contributed by atoms with van der Waals surface area (Å²) in [6.07, 6.45) is 0. The lowest BCUT2D eigenvalue weighted by Gasteiger charge is -2.22. The summed E-state index contributed by atoms with van der Waals surface area (Å²) in [6, 6.07) is 5.67. The lowest BCUT2D eigenvalue weighted by Crippen LogP contribution is -2.37. The molecule has 3 N–H and O–H groups in total. The van der Waals surface area contributed by atoms with Gasteiger partial charge in [-0.15, -0.1) is 0 Å². The Balaban J connectivity index is 3.30. The van der Waals surface area contributed by atoms with Gasteiger partial charge in [-0.25, -0.2) is 0 Å². The predicted octanol–water partition coefficient (Wildman–Crippen LogP) is 2.57. The third kappa shape index (κ3) is 2.94. The summed E-state index contributed by atoms with van der Waals surface area (Å²) < 4.78 is 0.988. The van der Waals surface area contributed by atoms with Crippen LogP contribution in [0.25, 0.3) is 0 Å². The first-order valence-electron chi connectivity index (χ1n) is 3.99. The largest absolute Gasteiger partial charge is 0.480 e. The molecule has 0 spiro atoms. The van der Waals surface area contributed by atoms with Gasteiger partial charge >= 0.3 is 5.97 Å². The number of carboxylic acid groups (broad SMARTS) is 1. The van der Waals surface area contributed by atoms with Gasteiger partial charge in [0.15, 0.2) is 3.42 Å². The molecule has 0 heterocycles. The molecular weight excluding hydrogens is 535 g/mol. The van der Waals surface area contributed by atoms with E-state index in [1.807, 2.05) is 40.8 Å². The number of benzene rings is 1. The van der Waals surface area contributed by atoms with Crippen LogP contribution in [0.15, 0.2) is 18.2 Å². The second-order valence-corrected chi connectivity index (χ2v) is 7.18. The minimum atomic E-state index is -1.03. The quantitative estimate of drug-likeness (QED) is 0.456. The third-order valence-electron chi connectivity index (χ3n) is 1.98. The van der Waals surface area contributed by atoms with Crippen LogP contribution in [0.3, 0.4) is 0 Å². The van der Waals surface area contributed by atoms with E-state index in [9.17, 15) is 9.90 Å². The maximum absolute atomic E-state index is 11.2. The molecule has 0 aliphatic heterocycles. The van der Waals surface area contributed by atoms with Gasteiger partial charge in [-0.1, -0.05) is 28.7 Å². The second-order valence-electron chi connectivity index (χ2n) is 2.93. The number of hydrogen-bond acceptors (Lipinski definition) is 2. The third-order valence-corrected chi connectivity index (χ3v) is 5.02. The molecule has 0 saturated heterocycles. The molecule has 1 rings (SSSR count). The average molecular weight is 543 g/mol. The number of alkyl halides is 1. The van der Waals surface area contributed by atoms with Crippen molar-refractivity contribution in [2.45, 2.75) is 3.42 Å². The Morgan fingerprint density at radius 2 is 2.07 bits per heavy atom. The standard InChI is InChI=1S/C9H8I3NO2/c10-5-1-2-6(7(11)3-5)9(12,4-13)8(14)15/h1-3H,4,13H2,(H,14,15). The van der Waals surface area contributed by atoms with Crippen molar-refractivity contribution >= 4 is 73.7 Å². The normalized spacial score (nSPS) is 14.7. The maximum Gasteiger partial charge on any atom is 0.325 e. The highest BCUT2D eigenvalue weighted by Crippen LogP contribution is 2.35. The highest BCUT2D eigenvalue weighted by molar-refractivity contribution is 14.1. The molecule has 3 nitrogen and oxygen atoms in total. The minimum Gasteiger partial charge on any atom is -0.480 e. The molecule has 1 atom stereocenters. The fourth-order valence-corrected chi connectivity index (χ4v) is 4.17. The van der Waals surface area contributed by atoms with E-state index in [0.717, 1.165) is 12.7 Å². The summed E-state index contributed by atoms with van der Waals surface area (Å²) >= 11 is 6.23. The van der Waals surface area contributed by atoms with E-state index in [-0.39, 0.29) is 6.54 Å². The maximum atomic E-state index is 11.2. The molecule has 0 aromatic heterocycles. The molecule has 0 fully saturated rings. The van der Waals surface area contributed by atoms with Gasteiger partial charge in [0.2, 0.25) is 0 Å². The van der Waals surface area contributed by atoms with Gasteiger partial charge in [-0.05, 0) is 62.9 Å². The van der Waals surface area contributed by atoms with Crippen LogP contribution in [0, 0.1) is 7.14 Å². The average Bonchev–Trinajstić information content (AvgIpc) is 2.16. The number of carbonyl (C=O) groups is 1. The minimum absolute atomic E-state index is 0.0828. The van der Waals surface area contributed by atoms with Crippen LogP contribution >= 0.6 is 67.8 Å². The number of hydrogen-bond donors (Lipinski definition) is 2. The van der Waals surface area contributed by atoms with Gasteiger partial charge in [0.1, 0.15) is 0 Å². The summed E-state index contributed by atoms with van der Waals surface area (Å²) in [6.45, 7) is 0.0828. The molecular formula is C9H8I3NO2. The van der Waals surface area contributed by atoms with E-state index in [2.05, 4.69) is 45.2 Å². The SMILES string of the molecule is NCC(I)(C(=O)O)c1ccc(I)cc1I. The first-order valence-corrected chi connectivity index (χ1v) is 7.23. The van der Waals surface area contributed by atoms with E-state index in [1.165, 1.54) is 0 Å². The van der Waals surface area contributed by atoms with E-state index in [0.29, 0.717) is 0 Å². The second kappa shape index (κ2) is 5.45. The zero-order valence-electron chi connectivity index (χ0n) is 7.51. The molecule has 1 aromatic rings. The zero-order valence-corrected chi connectivity index (χ0v) is 14.0. The molecule has 15 heavy (non-hydrogen) atoms. The van der Waals surface area contributed by atoms with Crippen LogP contribution in [0.1, 0.15) is 5.56 Å². The Hall–Kier alpha value is 0.840. The van der Waals surface area contributed by atoms with E-state index >= 15 is 0 Å². The van der Waals surface area contributed by atoms with Crippen molar-refractivity contribution in [1.82, 2.24) is 0 Å². The Kier molecular flexibility index (Phi) is 5.05. The topological polar surface area (TPSA) is 63.3 Å². The van der Waals surface area contributed by atoms with Gasteiger partial charge in [0, 0.05) is 13.7 Å². The molecule has 0 saturated carbocycles. The Morgan fingerprint density at radius 1 is 1.47 bits per heavy atom. The fourth-order valence-electron chi connectivity index (χ4n) is 1.12. The van der Waals surface area contributed by atoms with Crippen molar-refractivity contribution in [2.75, 3.05) is 6.54 Å². The van der Waals surface area contributed by atoms with Crippen molar-refractivity contribution in [3.05, 3.63) is 30.9 Å². The van der Waals surface area contributed by atoms with Crippen LogP contribution in [0.2, 0.25) is 0 Å². The van der Waals surface area contributed by atoms with Crippen LogP contribution in [0.5, 0.6) is 0 Å². The highest BCUT2D eigenvalue weighted by Gasteiger charge is 2.37. The van der Waals surface area contributed by atoms with Crippen molar-refractivity contribution in [1.29, 1.82) is 0 Å². The lowest BCUT2D eigenvalue weighted by atomic mass is 10.00. The number of rotatable bonds is 3. The summed E-state index contributed by atoms with van der Waals surface area (Å²) in [5.74, 6) is -0.898. The van der Waals surface area contributed by atoms with E-state index < -0.39 is 9.39 Å². The summed E-state index contributed by atoms with van der Waals surface area (Å²) in [5.41, 5.74) is 6.32. The molecule has 6 heteroatoms. The lowest BCUT2D eigenvalue weighted by molar-refractivity contribution is -0.139. The number of halogens is 3. The molecule has 0 radical (unpaired) electrons. The van der Waals surface area contributed by atoms with Crippen molar-refractivity contribution < 1.29 is 9.90 Å². The van der Waals surface area contributed by atoms with Crippen LogP contribution in [-0.4, -0.2) is 17.6 Å². The molecule has 0 bridgehead atoms. The molecule has 1 aromatic carbocycles. The fraction of sp³-hybridized carbons (Fsp3) is 0.222. The number of nitrogens with two attached hydrogens (primary N) is 1. The first-order chi connectivity index (χ1) is 6.91. The van der Waals surface area contributed by atoms with E-state index in [1.54, 1.807) is 0 Å². The summed E-state index contributed by atoms with van der Waals surface area (Å²) in [5, 5.41) is 9.19. The Bertz CT molecular complexity index is 397. The zero-order chi connectivity index (χ0) is 11.6. The van der Waals surface area contributed by atoms with Crippen molar-refractivity contribution in [3.63, 3.8) is 0 Å². The highest BCUT2D eigenvalue weighted by atomic mass is 127. The molecule has 82 valence electrons. The predicted molar refractivity (Wildman–Crippen MR) is 84.3 cm³/mol. The van der Waals surface area contributed by atoms with Crippen LogP contribution < -0.4 is 5.73 Å². The Labute approximate surface area is 129 Å². The van der Waals surface area contributed by atoms with E-state index in [4.69, 9.17) is 5.73 Å². The van der Waals surface area contributed by atoms with Gasteiger partial charge in [0.25, 0.3) is 0 Å². The summed E-state index contributed by atoms with van der Waals surface area (Å²) in [7, 11) is 0. The monoisotopic (exact) mass is 543 g/mol. The van der Waals surface area contributed by atoms with Gasteiger partial charge in [-0.3, -0.25) is 4.79 Å². The van der Waals surface area contributed by atoms with Crippen molar-refractivity contribution in [2.24, 2.45) is 5.73 Å².